The molecule has 0 aromatic heterocycles. The van der Waals surface area contributed by atoms with E-state index < -0.39 is 38.0 Å². The Balaban J connectivity index is 1.58. The number of amides is 2. The maximum Gasteiger partial charge on any atom is 0.294 e. The molecule has 182 valence electrons. The van der Waals surface area contributed by atoms with Crippen LogP contribution in [0.1, 0.15) is 13.8 Å². The fourth-order valence-electron chi connectivity index (χ4n) is 3.53. The van der Waals surface area contributed by atoms with E-state index in [1.165, 1.54) is 30.3 Å². The average molecular weight is 519 g/mol. The highest BCUT2D eigenvalue weighted by molar-refractivity contribution is 7.86. The van der Waals surface area contributed by atoms with Crippen molar-refractivity contribution in [3.05, 3.63) is 60.2 Å². The number of carbonyl (C=O) groups excluding carboxylic acids is 2. The first-order chi connectivity index (χ1) is 16.3. The number of rotatable bonds is 5. The largest absolute Gasteiger partial charge is 0.294 e. The topological polar surface area (TPSA) is 174 Å². The van der Waals surface area contributed by atoms with Gasteiger partial charge in [-0.1, -0.05) is 6.08 Å². The van der Waals surface area contributed by atoms with Gasteiger partial charge in [-0.2, -0.15) is 37.1 Å². The summed E-state index contributed by atoms with van der Waals surface area (Å²) in [5.41, 5.74) is 1.39. The predicted octanol–water partition coefficient (Wildman–Crippen LogP) is 1.87. The lowest BCUT2D eigenvalue weighted by atomic mass is 9.98. The standard InChI is InChI=1S/C21H18N4O8S2/c1-12-18(20(26)24(22-12)14-3-7-16(8-4-14)34(28,29)30)11-19-13(2)23-25(21(19)27)15-5-9-17(10-6-15)35(31,32)33/h3-11,18H,1-2H3,(H,28,29,30)(H,31,32,33)/b19-11-. The first-order valence-corrected chi connectivity index (χ1v) is 12.8. The summed E-state index contributed by atoms with van der Waals surface area (Å²) in [6.45, 7) is 3.18. The van der Waals surface area contributed by atoms with E-state index in [4.69, 9.17) is 9.11 Å². The van der Waals surface area contributed by atoms with Crippen molar-refractivity contribution >= 4 is 54.8 Å². The molecule has 0 bridgehead atoms. The summed E-state index contributed by atoms with van der Waals surface area (Å²) in [5.74, 6) is -1.91. The molecule has 14 heteroatoms. The van der Waals surface area contributed by atoms with Gasteiger partial charge in [-0.25, -0.2) is 0 Å². The third-order valence-corrected chi connectivity index (χ3v) is 7.07. The Bertz CT molecular complexity index is 1540. The minimum absolute atomic E-state index is 0.153. The van der Waals surface area contributed by atoms with Gasteiger partial charge >= 0.3 is 0 Å². The second-order valence-electron chi connectivity index (χ2n) is 7.69. The highest BCUT2D eigenvalue weighted by Gasteiger charge is 2.37. The fraction of sp³-hybridized carbons (Fsp3) is 0.143. The van der Waals surface area contributed by atoms with Gasteiger partial charge in [-0.05, 0) is 62.4 Å². The maximum atomic E-state index is 13.0. The molecule has 35 heavy (non-hydrogen) atoms. The Kier molecular flexibility index (Phi) is 5.92. The van der Waals surface area contributed by atoms with Gasteiger partial charge < -0.3 is 0 Å². The molecule has 12 nitrogen and oxygen atoms in total. The summed E-state index contributed by atoms with van der Waals surface area (Å²) in [5, 5.41) is 10.5. The summed E-state index contributed by atoms with van der Waals surface area (Å²) >= 11 is 0. The average Bonchev–Trinajstić information content (AvgIpc) is 3.23. The number of nitrogens with zero attached hydrogens (tertiary/aromatic N) is 4. The minimum atomic E-state index is -4.39. The van der Waals surface area contributed by atoms with E-state index in [2.05, 4.69) is 10.2 Å². The van der Waals surface area contributed by atoms with Crippen LogP contribution in [0.3, 0.4) is 0 Å². The van der Waals surface area contributed by atoms with Crippen LogP contribution in [0.4, 0.5) is 11.4 Å². The van der Waals surface area contributed by atoms with Gasteiger partial charge in [0.15, 0.2) is 0 Å². The Morgan fingerprint density at radius 1 is 0.771 bits per heavy atom. The molecule has 2 aromatic rings. The molecule has 1 atom stereocenters. The van der Waals surface area contributed by atoms with Crippen LogP contribution in [0, 0.1) is 5.92 Å². The summed E-state index contributed by atoms with van der Waals surface area (Å²) in [4.78, 5) is 25.4. The maximum absolute atomic E-state index is 13.0. The molecular weight excluding hydrogens is 500 g/mol. The van der Waals surface area contributed by atoms with Crippen molar-refractivity contribution in [1.82, 2.24) is 0 Å². The van der Waals surface area contributed by atoms with Gasteiger partial charge in [-0.15, -0.1) is 0 Å². The molecule has 2 amide bonds. The van der Waals surface area contributed by atoms with E-state index in [0.717, 1.165) is 34.3 Å². The van der Waals surface area contributed by atoms with Crippen LogP contribution < -0.4 is 10.0 Å². The monoisotopic (exact) mass is 518 g/mol. The van der Waals surface area contributed by atoms with E-state index in [1.54, 1.807) is 13.8 Å². The SMILES string of the molecule is CC1=NN(c2ccc(S(=O)(=O)O)cc2)C(=O)/C1=C\C1C(=O)N(c2ccc(S(=O)(=O)O)cc2)N=C1C. The molecule has 2 aliphatic heterocycles. The molecule has 4 rings (SSSR count). The summed E-state index contributed by atoms with van der Waals surface area (Å²) < 4.78 is 63.2. The fourth-order valence-corrected chi connectivity index (χ4v) is 4.49. The Hall–Kier alpha value is -3.72. The van der Waals surface area contributed by atoms with E-state index in [-0.39, 0.29) is 26.7 Å². The molecule has 2 N–H and O–H groups in total. The Morgan fingerprint density at radius 2 is 1.23 bits per heavy atom. The predicted molar refractivity (Wildman–Crippen MR) is 125 cm³/mol. The number of anilines is 2. The highest BCUT2D eigenvalue weighted by Crippen LogP contribution is 2.29. The van der Waals surface area contributed by atoms with Crippen molar-refractivity contribution in [2.75, 3.05) is 10.0 Å². The number of hydrogen-bond acceptors (Lipinski definition) is 8. The van der Waals surface area contributed by atoms with Crippen molar-refractivity contribution in [3.8, 4) is 0 Å². The van der Waals surface area contributed by atoms with Crippen molar-refractivity contribution in [3.63, 3.8) is 0 Å². The number of hydrazone groups is 2. The van der Waals surface area contributed by atoms with E-state index in [0.29, 0.717) is 11.4 Å². The lowest BCUT2D eigenvalue weighted by molar-refractivity contribution is -0.118. The van der Waals surface area contributed by atoms with E-state index in [1.807, 2.05) is 0 Å². The highest BCUT2D eigenvalue weighted by atomic mass is 32.2. The molecule has 2 heterocycles. The third-order valence-electron chi connectivity index (χ3n) is 5.34. The van der Waals surface area contributed by atoms with E-state index >= 15 is 0 Å². The first-order valence-electron chi connectivity index (χ1n) is 9.93. The van der Waals surface area contributed by atoms with Gasteiger partial charge in [-0.3, -0.25) is 18.7 Å². The van der Waals surface area contributed by atoms with Crippen LogP contribution in [-0.4, -0.2) is 49.2 Å². The van der Waals surface area contributed by atoms with Gasteiger partial charge in [0.1, 0.15) is 0 Å². The summed E-state index contributed by atoms with van der Waals surface area (Å²) in [6, 6.07) is 9.80. The molecule has 0 radical (unpaired) electrons. The van der Waals surface area contributed by atoms with Crippen LogP contribution in [0.5, 0.6) is 0 Å². The van der Waals surface area contributed by atoms with Crippen LogP contribution in [-0.2, 0) is 29.8 Å². The van der Waals surface area contributed by atoms with Crippen molar-refractivity contribution in [1.29, 1.82) is 0 Å². The first kappa shape index (κ1) is 24.4. The van der Waals surface area contributed by atoms with Gasteiger partial charge in [0.25, 0.3) is 32.1 Å². The van der Waals surface area contributed by atoms with Crippen LogP contribution in [0.2, 0.25) is 0 Å². The molecule has 2 aliphatic rings. The zero-order chi connectivity index (χ0) is 25.7. The molecule has 0 aliphatic carbocycles. The normalized spacial score (nSPS) is 20.0. The molecule has 0 spiro atoms. The van der Waals surface area contributed by atoms with Crippen LogP contribution in [0.15, 0.2) is 80.2 Å². The zero-order valence-electron chi connectivity index (χ0n) is 18.2. The van der Waals surface area contributed by atoms with Crippen LogP contribution in [0.25, 0.3) is 0 Å². The van der Waals surface area contributed by atoms with Crippen molar-refractivity contribution in [2.45, 2.75) is 23.6 Å². The lowest BCUT2D eigenvalue weighted by Crippen LogP contribution is -2.27. The quantitative estimate of drug-likeness (QED) is 0.445. The molecule has 1 unspecified atom stereocenters. The Morgan fingerprint density at radius 3 is 1.69 bits per heavy atom. The minimum Gasteiger partial charge on any atom is -0.282 e. The third kappa shape index (κ3) is 4.64. The zero-order valence-corrected chi connectivity index (χ0v) is 19.9. The number of carbonyl (C=O) groups is 2. The van der Waals surface area contributed by atoms with Gasteiger partial charge in [0.05, 0.1) is 44.1 Å². The molecule has 0 saturated heterocycles. The van der Waals surface area contributed by atoms with Crippen LogP contribution >= 0.6 is 0 Å². The number of benzene rings is 2. The second-order valence-corrected chi connectivity index (χ2v) is 10.5. The molecular formula is C21H18N4O8S2. The molecule has 0 saturated carbocycles. The summed E-state index contributed by atoms with van der Waals surface area (Å²) in [7, 11) is -8.78. The second kappa shape index (κ2) is 8.49. The Labute approximate surface area is 200 Å². The smallest absolute Gasteiger partial charge is 0.282 e. The van der Waals surface area contributed by atoms with Crippen molar-refractivity contribution < 1.29 is 35.5 Å². The molecule has 2 aromatic carbocycles. The molecule has 0 fully saturated rings. The lowest BCUT2D eigenvalue weighted by Gasteiger charge is -2.14. The summed E-state index contributed by atoms with van der Waals surface area (Å²) in [6.07, 6.45) is 1.43. The van der Waals surface area contributed by atoms with Crippen molar-refractivity contribution in [2.24, 2.45) is 16.1 Å². The van der Waals surface area contributed by atoms with Gasteiger partial charge in [0, 0.05) is 0 Å². The number of hydrogen-bond donors (Lipinski definition) is 2. The van der Waals surface area contributed by atoms with E-state index in [9.17, 15) is 26.4 Å². The van der Waals surface area contributed by atoms with Gasteiger partial charge in [0.2, 0.25) is 0 Å².